The Bertz CT molecular complexity index is 1310. The van der Waals surface area contributed by atoms with Gasteiger partial charge >= 0.3 is 0 Å². The van der Waals surface area contributed by atoms with Gasteiger partial charge < -0.3 is 24.3 Å². The van der Waals surface area contributed by atoms with Crippen molar-refractivity contribution in [3.05, 3.63) is 64.3 Å². The van der Waals surface area contributed by atoms with E-state index in [4.69, 9.17) is 21.1 Å². The molecule has 8 heteroatoms. The van der Waals surface area contributed by atoms with Crippen LogP contribution < -0.4 is 4.90 Å². The van der Waals surface area contributed by atoms with Crippen LogP contribution in [0.25, 0.3) is 10.9 Å². The average Bonchev–Trinajstić information content (AvgIpc) is 3.65. The summed E-state index contributed by atoms with van der Waals surface area (Å²) in [5.41, 5.74) is 4.65. The molecule has 3 aliphatic heterocycles. The highest BCUT2D eigenvalue weighted by Crippen LogP contribution is 2.37. The van der Waals surface area contributed by atoms with Crippen molar-refractivity contribution >= 4 is 34.1 Å². The number of nitrogens with one attached hydrogen (secondary N) is 1. The maximum absolute atomic E-state index is 13.1. The number of aromatic amines is 1. The number of anilines is 1. The molecule has 2 aromatic carbocycles. The molecule has 3 aliphatic rings. The van der Waals surface area contributed by atoms with E-state index in [0.29, 0.717) is 35.6 Å². The first-order valence-corrected chi connectivity index (χ1v) is 13.6. The monoisotopic (exact) mass is 518 g/mol. The molecule has 0 bridgehead atoms. The molecule has 0 unspecified atom stereocenters. The topological polar surface area (TPSA) is 81.6 Å². The summed E-state index contributed by atoms with van der Waals surface area (Å²) in [5, 5.41) is 10.8. The van der Waals surface area contributed by atoms with Crippen LogP contribution in [-0.2, 0) is 9.47 Å². The van der Waals surface area contributed by atoms with E-state index in [0.717, 1.165) is 74.0 Å². The minimum absolute atomic E-state index is 0.0912. The number of rotatable bonds is 4. The summed E-state index contributed by atoms with van der Waals surface area (Å²) in [6, 6.07) is 14.4. The number of hydrogen-bond donors (Lipinski definition) is 1. The van der Waals surface area contributed by atoms with Gasteiger partial charge in [0, 0.05) is 49.2 Å². The number of aromatic nitrogens is 1. The molecular weight excluding hydrogens is 488 g/mol. The third-order valence-electron chi connectivity index (χ3n) is 8.21. The van der Waals surface area contributed by atoms with E-state index in [1.54, 1.807) is 6.20 Å². The summed E-state index contributed by atoms with van der Waals surface area (Å²) >= 11 is 6.39. The maximum atomic E-state index is 13.1. The van der Waals surface area contributed by atoms with Gasteiger partial charge in [0.15, 0.2) is 6.29 Å². The van der Waals surface area contributed by atoms with E-state index in [2.05, 4.69) is 28.1 Å². The predicted molar refractivity (Wildman–Crippen MR) is 143 cm³/mol. The Hall–Kier alpha value is -3.05. The number of carbonyl (C=O) groups excluding carboxylic acids is 1. The summed E-state index contributed by atoms with van der Waals surface area (Å²) < 4.78 is 11.3. The summed E-state index contributed by atoms with van der Waals surface area (Å²) in [7, 11) is 0. The zero-order chi connectivity index (χ0) is 25.4. The van der Waals surface area contributed by atoms with Crippen LogP contribution in [0.1, 0.15) is 53.1 Å². The zero-order valence-corrected chi connectivity index (χ0v) is 21.5. The molecular formula is C29H31ClN4O3. The van der Waals surface area contributed by atoms with Crippen LogP contribution in [0.2, 0.25) is 5.02 Å². The van der Waals surface area contributed by atoms with Crippen molar-refractivity contribution in [2.45, 2.75) is 37.9 Å². The molecule has 1 aromatic heterocycles. The van der Waals surface area contributed by atoms with Crippen molar-refractivity contribution in [2.24, 2.45) is 5.92 Å². The Morgan fingerprint density at radius 2 is 1.68 bits per heavy atom. The van der Waals surface area contributed by atoms with Crippen LogP contribution in [0.15, 0.2) is 42.6 Å². The molecule has 0 spiro atoms. The number of benzene rings is 2. The Morgan fingerprint density at radius 3 is 2.35 bits per heavy atom. The number of nitrogens with zero attached hydrogens (tertiary/aromatic N) is 3. The molecule has 4 heterocycles. The lowest BCUT2D eigenvalue weighted by Crippen LogP contribution is -2.41. The summed E-state index contributed by atoms with van der Waals surface area (Å²) in [6.45, 7) is 4.70. The number of H-pyrrole nitrogens is 1. The first kappa shape index (κ1) is 24.3. The van der Waals surface area contributed by atoms with Crippen LogP contribution in [-0.4, -0.2) is 61.5 Å². The normalized spacial score (nSPS) is 20.0. The number of hydrogen-bond acceptors (Lipinski definition) is 5. The maximum Gasteiger partial charge on any atom is 0.253 e. The molecule has 3 fully saturated rings. The van der Waals surface area contributed by atoms with Crippen molar-refractivity contribution in [3.8, 4) is 6.07 Å². The number of nitriles is 1. The van der Waals surface area contributed by atoms with Gasteiger partial charge in [-0.25, -0.2) is 0 Å². The molecule has 3 aromatic rings. The number of halogens is 1. The summed E-state index contributed by atoms with van der Waals surface area (Å²) in [6.07, 6.45) is 5.55. The summed E-state index contributed by atoms with van der Waals surface area (Å²) in [4.78, 5) is 20.7. The first-order chi connectivity index (χ1) is 18.1. The quantitative estimate of drug-likeness (QED) is 0.506. The Labute approximate surface area is 221 Å². The molecule has 1 amide bonds. The minimum Gasteiger partial charge on any atom is -0.370 e. The van der Waals surface area contributed by atoms with Gasteiger partial charge in [-0.1, -0.05) is 23.7 Å². The third kappa shape index (κ3) is 4.70. The van der Waals surface area contributed by atoms with Gasteiger partial charge in [0.05, 0.1) is 35.0 Å². The van der Waals surface area contributed by atoms with Crippen LogP contribution in [0.4, 0.5) is 5.69 Å². The Kier molecular flexibility index (Phi) is 6.81. The fourth-order valence-electron chi connectivity index (χ4n) is 6.10. The molecule has 6 rings (SSSR count). The fraction of sp³-hybridized carbons (Fsp3) is 0.448. The lowest BCUT2D eigenvalue weighted by Gasteiger charge is -2.34. The molecule has 192 valence electrons. The second-order valence-electron chi connectivity index (χ2n) is 10.3. The second kappa shape index (κ2) is 10.4. The van der Waals surface area contributed by atoms with Crippen molar-refractivity contribution in [1.82, 2.24) is 9.88 Å². The van der Waals surface area contributed by atoms with Crippen molar-refractivity contribution in [3.63, 3.8) is 0 Å². The van der Waals surface area contributed by atoms with Gasteiger partial charge in [0.25, 0.3) is 5.91 Å². The van der Waals surface area contributed by atoms with Crippen molar-refractivity contribution in [1.29, 1.82) is 5.26 Å². The highest BCUT2D eigenvalue weighted by molar-refractivity contribution is 6.36. The van der Waals surface area contributed by atoms with Gasteiger partial charge in [-0.2, -0.15) is 5.26 Å². The lowest BCUT2D eigenvalue weighted by atomic mass is 9.88. The Balaban J connectivity index is 1.06. The molecule has 0 aliphatic carbocycles. The Morgan fingerprint density at radius 1 is 0.973 bits per heavy atom. The van der Waals surface area contributed by atoms with Crippen LogP contribution >= 0.6 is 11.6 Å². The van der Waals surface area contributed by atoms with Crippen molar-refractivity contribution < 1.29 is 14.3 Å². The third-order valence-corrected chi connectivity index (χ3v) is 8.52. The van der Waals surface area contributed by atoms with Crippen LogP contribution in [0, 0.1) is 17.2 Å². The summed E-state index contributed by atoms with van der Waals surface area (Å²) in [5.74, 6) is 0.959. The molecule has 0 atom stereocenters. The molecule has 0 radical (unpaired) electrons. The van der Waals surface area contributed by atoms with Gasteiger partial charge in [0.2, 0.25) is 0 Å². The molecule has 37 heavy (non-hydrogen) atoms. The van der Waals surface area contributed by atoms with E-state index < -0.39 is 0 Å². The van der Waals surface area contributed by atoms with E-state index in [1.165, 1.54) is 5.56 Å². The van der Waals surface area contributed by atoms with Crippen LogP contribution in [0.5, 0.6) is 0 Å². The number of carbonyl (C=O) groups is 1. The number of amides is 1. The SMILES string of the molecule is N#Cc1c[nH]c2c(N3CCC(c4ccc(C(=O)N5CCC(C6OCCO6)CC5)cc4)CC3)ccc(Cl)c12. The van der Waals surface area contributed by atoms with Crippen molar-refractivity contribution in [2.75, 3.05) is 44.3 Å². The van der Waals surface area contributed by atoms with Gasteiger partial charge in [-0.15, -0.1) is 0 Å². The first-order valence-electron chi connectivity index (χ1n) is 13.2. The number of likely N-dealkylation sites (tertiary alicyclic amines) is 1. The number of piperidine rings is 2. The smallest absolute Gasteiger partial charge is 0.253 e. The van der Waals surface area contributed by atoms with Gasteiger partial charge in [0.1, 0.15) is 6.07 Å². The van der Waals surface area contributed by atoms with Gasteiger partial charge in [-0.05, 0) is 61.4 Å². The largest absolute Gasteiger partial charge is 0.370 e. The lowest BCUT2D eigenvalue weighted by molar-refractivity contribution is -0.0956. The van der Waals surface area contributed by atoms with E-state index in [9.17, 15) is 10.1 Å². The minimum atomic E-state index is -0.0912. The number of ether oxygens (including phenoxy) is 2. The van der Waals surface area contributed by atoms with Crippen LogP contribution in [0.3, 0.4) is 0 Å². The second-order valence-corrected chi connectivity index (χ2v) is 10.7. The molecule has 0 saturated carbocycles. The molecule has 1 N–H and O–H groups in total. The van der Waals surface area contributed by atoms with E-state index in [1.807, 2.05) is 29.2 Å². The molecule has 7 nitrogen and oxygen atoms in total. The molecule has 3 saturated heterocycles. The van der Waals surface area contributed by atoms with Gasteiger partial charge in [-0.3, -0.25) is 4.79 Å². The van der Waals surface area contributed by atoms with E-state index >= 15 is 0 Å². The highest BCUT2D eigenvalue weighted by atomic mass is 35.5. The average molecular weight is 519 g/mol. The van der Waals surface area contributed by atoms with E-state index in [-0.39, 0.29) is 12.2 Å². The zero-order valence-electron chi connectivity index (χ0n) is 20.8. The predicted octanol–water partition coefficient (Wildman–Crippen LogP) is 5.30. The fourth-order valence-corrected chi connectivity index (χ4v) is 6.36. The standard InChI is InChI=1S/C29H31ClN4O3/c30-24-5-6-25(27-26(24)23(17-31)18-32-27)33-11-7-20(8-12-33)19-1-3-21(4-2-19)28(35)34-13-9-22(10-14-34)29-36-15-16-37-29/h1-6,18,20,22,29,32H,7-16H2. The number of fused-ring (bicyclic) bond motifs is 1. The highest BCUT2D eigenvalue weighted by Gasteiger charge is 2.32.